The maximum Gasteiger partial charge on any atom is 0.146 e. The molecule has 1 N–H and O–H groups in total. The molecule has 1 aromatic carbocycles. The lowest BCUT2D eigenvalue weighted by Gasteiger charge is -2.32. The van der Waals surface area contributed by atoms with E-state index >= 15 is 0 Å². The van der Waals surface area contributed by atoms with Crippen molar-refractivity contribution in [2.75, 3.05) is 0 Å². The molecule has 1 aliphatic carbocycles. The summed E-state index contributed by atoms with van der Waals surface area (Å²) in [5.74, 6) is 1.93. The van der Waals surface area contributed by atoms with Crippen LogP contribution in [0.4, 0.5) is 0 Å². The number of ether oxygens (including phenoxy) is 1. The van der Waals surface area contributed by atoms with Crippen molar-refractivity contribution < 1.29 is 4.74 Å². The molecule has 1 aromatic heterocycles. The summed E-state index contributed by atoms with van der Waals surface area (Å²) in [5.41, 5.74) is 1.24. The van der Waals surface area contributed by atoms with E-state index in [1.807, 2.05) is 24.6 Å². The van der Waals surface area contributed by atoms with Gasteiger partial charge in [0.25, 0.3) is 0 Å². The highest BCUT2D eigenvalue weighted by Crippen LogP contribution is 2.22. The van der Waals surface area contributed by atoms with Crippen molar-refractivity contribution in [3.05, 3.63) is 47.5 Å². The van der Waals surface area contributed by atoms with Crippen molar-refractivity contribution in [3.8, 4) is 0 Å². The summed E-state index contributed by atoms with van der Waals surface area (Å²) in [6.07, 6.45) is 5.08. The number of aryl methyl sites for hydroxylation is 1. The van der Waals surface area contributed by atoms with Gasteiger partial charge in [0, 0.05) is 13.1 Å². The summed E-state index contributed by atoms with van der Waals surface area (Å²) in [7, 11) is 2.01. The minimum absolute atomic E-state index is 0.276. The fourth-order valence-corrected chi connectivity index (χ4v) is 3.13. The smallest absolute Gasteiger partial charge is 0.146 e. The molecule has 5 nitrogen and oxygen atoms in total. The lowest BCUT2D eigenvalue weighted by molar-refractivity contribution is -0.00615. The first-order valence-electron chi connectivity index (χ1n) is 8.48. The molecule has 0 radical (unpaired) electrons. The molecule has 0 spiro atoms. The van der Waals surface area contributed by atoms with Gasteiger partial charge in [-0.1, -0.05) is 43.2 Å². The molecular formula is C18H26N4O. The average molecular weight is 314 g/mol. The summed E-state index contributed by atoms with van der Waals surface area (Å²) in [5, 5.41) is 12.0. The molecule has 1 saturated carbocycles. The van der Waals surface area contributed by atoms with Crippen LogP contribution < -0.4 is 5.32 Å². The Balaban J connectivity index is 1.54. The molecule has 2 aromatic rings. The Morgan fingerprint density at radius 2 is 1.96 bits per heavy atom. The van der Waals surface area contributed by atoms with Crippen LogP contribution in [0.25, 0.3) is 0 Å². The maximum atomic E-state index is 6.20. The van der Waals surface area contributed by atoms with E-state index in [1.54, 1.807) is 0 Å². The third-order valence-corrected chi connectivity index (χ3v) is 4.71. The zero-order chi connectivity index (χ0) is 16.1. The molecule has 1 fully saturated rings. The van der Waals surface area contributed by atoms with Gasteiger partial charge in [-0.05, 0) is 25.3 Å². The van der Waals surface area contributed by atoms with E-state index in [-0.39, 0.29) is 6.10 Å². The van der Waals surface area contributed by atoms with Crippen molar-refractivity contribution >= 4 is 0 Å². The van der Waals surface area contributed by atoms with Crippen molar-refractivity contribution in [3.63, 3.8) is 0 Å². The van der Waals surface area contributed by atoms with Gasteiger partial charge in [0.2, 0.25) is 0 Å². The van der Waals surface area contributed by atoms with Crippen molar-refractivity contribution in [2.45, 2.75) is 57.9 Å². The van der Waals surface area contributed by atoms with Gasteiger partial charge < -0.3 is 14.6 Å². The Kier molecular flexibility index (Phi) is 5.41. The summed E-state index contributed by atoms with van der Waals surface area (Å²) < 4.78 is 8.24. The van der Waals surface area contributed by atoms with Gasteiger partial charge in [-0.25, -0.2) is 0 Å². The van der Waals surface area contributed by atoms with Gasteiger partial charge in [-0.3, -0.25) is 0 Å². The molecule has 124 valence electrons. The van der Waals surface area contributed by atoms with E-state index < -0.39 is 0 Å². The molecular weight excluding hydrogens is 288 g/mol. The van der Waals surface area contributed by atoms with Crippen LogP contribution in [0.5, 0.6) is 0 Å². The van der Waals surface area contributed by atoms with Crippen LogP contribution in [-0.4, -0.2) is 26.9 Å². The highest BCUT2D eigenvalue weighted by molar-refractivity contribution is 5.13. The predicted octanol–water partition coefficient (Wildman–Crippen LogP) is 2.74. The lowest BCUT2D eigenvalue weighted by Crippen LogP contribution is -2.43. The summed E-state index contributed by atoms with van der Waals surface area (Å²) in [6.45, 7) is 3.41. The second kappa shape index (κ2) is 7.70. The molecule has 23 heavy (non-hydrogen) atoms. The third-order valence-electron chi connectivity index (χ3n) is 4.71. The van der Waals surface area contributed by atoms with Crippen LogP contribution in [0.1, 0.15) is 42.9 Å². The predicted molar refractivity (Wildman–Crippen MR) is 89.9 cm³/mol. The molecule has 0 aliphatic heterocycles. The number of hydrogen-bond acceptors (Lipinski definition) is 4. The molecule has 1 heterocycles. The Morgan fingerprint density at radius 1 is 1.17 bits per heavy atom. The van der Waals surface area contributed by atoms with Crippen LogP contribution in [0, 0.1) is 6.92 Å². The van der Waals surface area contributed by atoms with Crippen LogP contribution >= 0.6 is 0 Å². The van der Waals surface area contributed by atoms with Gasteiger partial charge >= 0.3 is 0 Å². The molecule has 5 heteroatoms. The summed E-state index contributed by atoms with van der Waals surface area (Å²) >= 11 is 0. The standard InChI is InChI=1S/C18H26N4O/c1-14-20-21-18(22(14)2)12-19-16-10-6-7-11-17(16)23-13-15-8-4-3-5-9-15/h3-5,8-9,16-17,19H,6-7,10-13H2,1-2H3/t16-,17-/m0/s1. The Hall–Kier alpha value is -1.72. The Bertz CT molecular complexity index is 611. The molecule has 0 unspecified atom stereocenters. The first kappa shape index (κ1) is 16.1. The second-order valence-electron chi connectivity index (χ2n) is 6.33. The summed E-state index contributed by atoms with van der Waals surface area (Å²) in [6, 6.07) is 10.8. The monoisotopic (exact) mass is 314 g/mol. The quantitative estimate of drug-likeness (QED) is 0.891. The largest absolute Gasteiger partial charge is 0.372 e. The zero-order valence-corrected chi connectivity index (χ0v) is 14.0. The number of aromatic nitrogens is 3. The van der Waals surface area contributed by atoms with Crippen LogP contribution in [0.15, 0.2) is 30.3 Å². The van der Waals surface area contributed by atoms with E-state index in [4.69, 9.17) is 4.74 Å². The fraction of sp³-hybridized carbons (Fsp3) is 0.556. The number of rotatable bonds is 6. The normalized spacial score (nSPS) is 21.5. The zero-order valence-electron chi connectivity index (χ0n) is 14.0. The Morgan fingerprint density at radius 3 is 2.70 bits per heavy atom. The SMILES string of the molecule is Cc1nnc(CN[C@H]2CCCC[C@@H]2OCc2ccccc2)n1C. The summed E-state index contributed by atoms with van der Waals surface area (Å²) in [4.78, 5) is 0. The lowest BCUT2D eigenvalue weighted by atomic mass is 9.92. The highest BCUT2D eigenvalue weighted by atomic mass is 16.5. The maximum absolute atomic E-state index is 6.20. The molecule has 1 aliphatic rings. The molecule has 0 bridgehead atoms. The van der Waals surface area contributed by atoms with Crippen molar-refractivity contribution in [2.24, 2.45) is 7.05 Å². The van der Waals surface area contributed by atoms with Gasteiger partial charge in [0.05, 0.1) is 19.3 Å². The van der Waals surface area contributed by atoms with E-state index in [0.29, 0.717) is 12.6 Å². The third kappa shape index (κ3) is 4.18. The molecule has 0 saturated heterocycles. The molecule has 3 rings (SSSR count). The Labute approximate surface area is 138 Å². The minimum atomic E-state index is 0.276. The van der Waals surface area contributed by atoms with Crippen molar-refractivity contribution in [1.29, 1.82) is 0 Å². The van der Waals surface area contributed by atoms with Crippen LogP contribution in [0.2, 0.25) is 0 Å². The topological polar surface area (TPSA) is 52.0 Å². The van der Waals surface area contributed by atoms with E-state index in [2.05, 4.69) is 39.8 Å². The van der Waals surface area contributed by atoms with Crippen LogP contribution in [-0.2, 0) is 24.9 Å². The second-order valence-corrected chi connectivity index (χ2v) is 6.33. The van der Waals surface area contributed by atoms with Gasteiger partial charge in [0.1, 0.15) is 11.6 Å². The first-order chi connectivity index (χ1) is 11.2. The number of hydrogen-bond donors (Lipinski definition) is 1. The number of nitrogens with one attached hydrogen (secondary N) is 1. The first-order valence-corrected chi connectivity index (χ1v) is 8.48. The number of nitrogens with zero attached hydrogens (tertiary/aromatic N) is 3. The highest BCUT2D eigenvalue weighted by Gasteiger charge is 2.25. The van der Waals surface area contributed by atoms with E-state index in [0.717, 1.165) is 31.0 Å². The van der Waals surface area contributed by atoms with Crippen LogP contribution in [0.3, 0.4) is 0 Å². The van der Waals surface area contributed by atoms with Gasteiger partial charge in [0.15, 0.2) is 0 Å². The van der Waals surface area contributed by atoms with Gasteiger partial charge in [-0.2, -0.15) is 0 Å². The number of benzene rings is 1. The fourth-order valence-electron chi connectivity index (χ4n) is 3.13. The average Bonchev–Trinajstić information content (AvgIpc) is 2.91. The van der Waals surface area contributed by atoms with E-state index in [9.17, 15) is 0 Å². The molecule has 0 amide bonds. The van der Waals surface area contributed by atoms with Crippen molar-refractivity contribution in [1.82, 2.24) is 20.1 Å². The molecule has 2 atom stereocenters. The van der Waals surface area contributed by atoms with Gasteiger partial charge in [-0.15, -0.1) is 10.2 Å². The van der Waals surface area contributed by atoms with E-state index in [1.165, 1.54) is 18.4 Å². The minimum Gasteiger partial charge on any atom is -0.372 e.